The highest BCUT2D eigenvalue weighted by atomic mass is 16.4. The maximum Gasteiger partial charge on any atom is 0.309 e. The molecular weight excluding hydrogens is 288 g/mol. The third-order valence-electron chi connectivity index (χ3n) is 8.65. The van der Waals surface area contributed by atoms with Crippen LogP contribution in [0.25, 0.3) is 0 Å². The molecule has 3 heteroatoms. The fourth-order valence-corrected chi connectivity index (χ4v) is 7.61. The minimum Gasteiger partial charge on any atom is -0.481 e. The second kappa shape index (κ2) is 4.41. The Bertz CT molecular complexity index is 583. The maximum atomic E-state index is 12.0. The standard InChI is InChI=1S/C20H30O3/c1-13-11-19-9-5-14-17(2,7-4-8-18(14,3)16(21)22)15(19)6-10-20(13,23)12-19/h14-15,23H,1,4-12H2,2-3H3,(H,21,22)/t14-,15+,17+,18+,19+,20+/m0/s1. The fourth-order valence-electron chi connectivity index (χ4n) is 7.61. The number of rotatable bonds is 1. The Balaban J connectivity index is 1.76. The lowest BCUT2D eigenvalue weighted by Gasteiger charge is -2.63. The van der Waals surface area contributed by atoms with E-state index in [2.05, 4.69) is 13.5 Å². The number of hydrogen-bond acceptors (Lipinski definition) is 2. The largest absolute Gasteiger partial charge is 0.481 e. The highest BCUT2D eigenvalue weighted by Crippen LogP contribution is 2.72. The summed E-state index contributed by atoms with van der Waals surface area (Å²) in [7, 11) is 0. The van der Waals surface area contributed by atoms with Gasteiger partial charge in [-0.3, -0.25) is 4.79 Å². The van der Waals surface area contributed by atoms with Gasteiger partial charge in [0, 0.05) is 0 Å². The van der Waals surface area contributed by atoms with Gasteiger partial charge in [-0.2, -0.15) is 0 Å². The predicted octanol–water partition coefficient (Wildman–Crippen LogP) is 4.16. The molecule has 23 heavy (non-hydrogen) atoms. The van der Waals surface area contributed by atoms with E-state index in [9.17, 15) is 15.0 Å². The molecule has 0 amide bonds. The van der Waals surface area contributed by atoms with E-state index in [4.69, 9.17) is 0 Å². The molecule has 0 unspecified atom stereocenters. The number of carbonyl (C=O) groups is 1. The highest BCUT2D eigenvalue weighted by Gasteiger charge is 2.67. The number of carboxylic acids is 1. The fraction of sp³-hybridized carbons (Fsp3) is 0.850. The van der Waals surface area contributed by atoms with Crippen LogP contribution in [-0.4, -0.2) is 21.8 Å². The molecule has 0 saturated heterocycles. The second-order valence-corrected chi connectivity index (χ2v) is 9.62. The minimum atomic E-state index is -0.634. The molecule has 0 aromatic rings. The van der Waals surface area contributed by atoms with Gasteiger partial charge in [0.25, 0.3) is 0 Å². The summed E-state index contributed by atoms with van der Waals surface area (Å²) in [6.45, 7) is 8.55. The topological polar surface area (TPSA) is 57.5 Å². The Hall–Kier alpha value is -0.830. The number of carboxylic acid groups (broad SMARTS) is 1. The van der Waals surface area contributed by atoms with Crippen LogP contribution in [0.1, 0.15) is 71.6 Å². The van der Waals surface area contributed by atoms with Crippen molar-refractivity contribution in [3.8, 4) is 0 Å². The van der Waals surface area contributed by atoms with Gasteiger partial charge >= 0.3 is 5.97 Å². The van der Waals surface area contributed by atoms with Crippen LogP contribution in [0.5, 0.6) is 0 Å². The van der Waals surface area contributed by atoms with E-state index in [0.29, 0.717) is 5.92 Å². The van der Waals surface area contributed by atoms with Crippen molar-refractivity contribution in [2.24, 2.45) is 28.1 Å². The number of aliphatic hydroxyl groups is 1. The van der Waals surface area contributed by atoms with Crippen molar-refractivity contribution in [2.75, 3.05) is 0 Å². The summed E-state index contributed by atoms with van der Waals surface area (Å²) >= 11 is 0. The molecule has 1 spiro atoms. The van der Waals surface area contributed by atoms with Gasteiger partial charge in [0.2, 0.25) is 0 Å². The van der Waals surface area contributed by atoms with Gasteiger partial charge < -0.3 is 10.2 Å². The van der Waals surface area contributed by atoms with E-state index in [1.165, 1.54) is 0 Å². The molecule has 4 rings (SSSR count). The number of aliphatic carboxylic acids is 1. The van der Waals surface area contributed by atoms with Crippen molar-refractivity contribution in [2.45, 2.75) is 77.2 Å². The summed E-state index contributed by atoms with van der Waals surface area (Å²) in [5.41, 5.74) is 0.128. The molecule has 0 aromatic heterocycles. The van der Waals surface area contributed by atoms with Crippen molar-refractivity contribution in [3.63, 3.8) is 0 Å². The van der Waals surface area contributed by atoms with E-state index in [-0.39, 0.29) is 16.7 Å². The van der Waals surface area contributed by atoms with Crippen LogP contribution in [0.3, 0.4) is 0 Å². The molecule has 4 aliphatic rings. The summed E-state index contributed by atoms with van der Waals surface area (Å²) in [6.07, 6.45) is 8.75. The first-order chi connectivity index (χ1) is 10.7. The average molecular weight is 318 g/mol. The number of fused-ring (bicyclic) bond motifs is 3. The SMILES string of the molecule is C=C1C[C@@]23CC[C@H]4[C@@](C)(CCC[C@@]4(C)C(=O)O)[C@H]2CC[C@@]1(O)C3. The zero-order valence-corrected chi connectivity index (χ0v) is 14.5. The molecule has 3 nitrogen and oxygen atoms in total. The first-order valence-corrected chi connectivity index (χ1v) is 9.30. The third-order valence-corrected chi connectivity index (χ3v) is 8.65. The summed E-state index contributed by atoms with van der Waals surface area (Å²) in [5.74, 6) is 0.219. The molecule has 0 radical (unpaired) electrons. The van der Waals surface area contributed by atoms with Crippen LogP contribution >= 0.6 is 0 Å². The first-order valence-electron chi connectivity index (χ1n) is 9.30. The summed E-state index contributed by atoms with van der Waals surface area (Å²) < 4.78 is 0. The Morgan fingerprint density at radius 1 is 1.13 bits per heavy atom. The van der Waals surface area contributed by atoms with Gasteiger partial charge in [0.1, 0.15) is 0 Å². The van der Waals surface area contributed by atoms with E-state index < -0.39 is 17.0 Å². The molecule has 6 atom stereocenters. The Morgan fingerprint density at radius 3 is 2.52 bits per heavy atom. The summed E-state index contributed by atoms with van der Waals surface area (Å²) in [5, 5.41) is 20.8. The minimum absolute atomic E-state index is 0.107. The van der Waals surface area contributed by atoms with Crippen molar-refractivity contribution in [3.05, 3.63) is 12.2 Å². The van der Waals surface area contributed by atoms with Gasteiger partial charge in [-0.05, 0) is 86.5 Å². The van der Waals surface area contributed by atoms with Gasteiger partial charge in [0.05, 0.1) is 11.0 Å². The molecule has 4 fully saturated rings. The Kier molecular flexibility index (Phi) is 3.01. The van der Waals surface area contributed by atoms with Crippen LogP contribution in [0, 0.1) is 28.1 Å². The van der Waals surface area contributed by atoms with E-state index >= 15 is 0 Å². The van der Waals surface area contributed by atoms with Gasteiger partial charge in [-0.15, -0.1) is 0 Å². The van der Waals surface area contributed by atoms with Gasteiger partial charge in [-0.25, -0.2) is 0 Å². The van der Waals surface area contributed by atoms with Crippen molar-refractivity contribution in [1.29, 1.82) is 0 Å². The molecule has 128 valence electrons. The van der Waals surface area contributed by atoms with Gasteiger partial charge in [-0.1, -0.05) is 19.9 Å². The van der Waals surface area contributed by atoms with Crippen LogP contribution in [0.15, 0.2) is 12.2 Å². The summed E-state index contributed by atoms with van der Waals surface area (Å²) in [6, 6.07) is 0. The lowest BCUT2D eigenvalue weighted by Crippen LogP contribution is -2.59. The van der Waals surface area contributed by atoms with E-state index in [1.807, 2.05) is 6.92 Å². The predicted molar refractivity (Wildman–Crippen MR) is 88.9 cm³/mol. The molecule has 0 aliphatic heterocycles. The van der Waals surface area contributed by atoms with Crippen LogP contribution in [-0.2, 0) is 4.79 Å². The van der Waals surface area contributed by atoms with Crippen molar-refractivity contribution in [1.82, 2.24) is 0 Å². The second-order valence-electron chi connectivity index (χ2n) is 9.62. The molecule has 0 heterocycles. The molecular formula is C20H30O3. The third kappa shape index (κ3) is 1.78. The maximum absolute atomic E-state index is 12.0. The van der Waals surface area contributed by atoms with Crippen LogP contribution in [0.2, 0.25) is 0 Å². The molecule has 2 N–H and O–H groups in total. The van der Waals surface area contributed by atoms with Crippen molar-refractivity contribution < 1.29 is 15.0 Å². The lowest BCUT2D eigenvalue weighted by molar-refractivity contribution is -0.186. The molecule has 4 saturated carbocycles. The monoisotopic (exact) mass is 318 g/mol. The zero-order valence-electron chi connectivity index (χ0n) is 14.5. The quantitative estimate of drug-likeness (QED) is 0.714. The zero-order chi connectivity index (χ0) is 16.7. The molecule has 4 aliphatic carbocycles. The van der Waals surface area contributed by atoms with Crippen molar-refractivity contribution >= 4 is 5.97 Å². The number of hydrogen-bond donors (Lipinski definition) is 2. The smallest absolute Gasteiger partial charge is 0.309 e. The molecule has 0 aromatic carbocycles. The normalized spacial score (nSPS) is 55.2. The van der Waals surface area contributed by atoms with E-state index in [1.54, 1.807) is 0 Å². The average Bonchev–Trinajstić information content (AvgIpc) is 2.63. The summed E-state index contributed by atoms with van der Waals surface area (Å²) in [4.78, 5) is 12.0. The molecule has 2 bridgehead atoms. The van der Waals surface area contributed by atoms with Crippen LogP contribution in [0.4, 0.5) is 0 Å². The van der Waals surface area contributed by atoms with E-state index in [0.717, 1.165) is 63.4 Å². The lowest BCUT2D eigenvalue weighted by atomic mass is 9.41. The Morgan fingerprint density at radius 2 is 1.83 bits per heavy atom. The van der Waals surface area contributed by atoms with Crippen LogP contribution < -0.4 is 0 Å². The van der Waals surface area contributed by atoms with Gasteiger partial charge in [0.15, 0.2) is 0 Å². The first kappa shape index (κ1) is 15.7. The Labute approximate surface area is 139 Å². The highest BCUT2D eigenvalue weighted by molar-refractivity contribution is 5.75.